The van der Waals surface area contributed by atoms with Crippen molar-refractivity contribution in [2.75, 3.05) is 33.2 Å². The maximum atomic E-state index is 14.2. The van der Waals surface area contributed by atoms with E-state index >= 15 is 0 Å². The van der Waals surface area contributed by atoms with Gasteiger partial charge in [-0.3, -0.25) is 19.4 Å². The van der Waals surface area contributed by atoms with Crippen LogP contribution in [-0.2, 0) is 27.2 Å². The van der Waals surface area contributed by atoms with E-state index in [1.54, 1.807) is 50.2 Å². The number of fused-ring (bicyclic) bond motifs is 2. The molecule has 3 heterocycles. The molecule has 4 atom stereocenters. The number of phenolic OH excluding ortho intramolecular Hbond substituents is 1. The number of nitrogens with zero attached hydrogens (tertiary/aromatic N) is 7. The number of aryl methyl sites for hydroxylation is 1. The number of phenols is 1. The van der Waals surface area contributed by atoms with Crippen LogP contribution in [0.3, 0.4) is 0 Å². The number of amides is 3. The van der Waals surface area contributed by atoms with Crippen LogP contribution < -0.4 is 0 Å². The molecular formula is C33H37N7O4. The van der Waals surface area contributed by atoms with E-state index in [0.29, 0.717) is 19.5 Å². The highest BCUT2D eigenvalue weighted by Gasteiger charge is 2.51. The third-order valence-electron chi connectivity index (χ3n) is 8.63. The second-order valence-corrected chi connectivity index (χ2v) is 11.6. The molecule has 3 aliphatic heterocycles. The first-order valence-corrected chi connectivity index (χ1v) is 14.9. The molecule has 44 heavy (non-hydrogen) atoms. The highest BCUT2D eigenvalue weighted by molar-refractivity contribution is 5.92. The Morgan fingerprint density at radius 2 is 1.86 bits per heavy atom. The lowest BCUT2D eigenvalue weighted by molar-refractivity contribution is -0.204. The van der Waals surface area contributed by atoms with Crippen LogP contribution in [0.15, 0.2) is 101 Å². The number of hydrazine groups is 1. The highest BCUT2D eigenvalue weighted by atomic mass is 16.3. The molecule has 0 spiro atoms. The summed E-state index contributed by atoms with van der Waals surface area (Å²) in [4.78, 5) is 45.3. The quantitative estimate of drug-likeness (QED) is 0.447. The number of carbonyl (C=O) groups excluding carboxylic acids is 3. The topological polar surface area (TPSA) is 112 Å². The van der Waals surface area contributed by atoms with Crippen molar-refractivity contribution in [3.8, 4) is 5.75 Å². The molecule has 6 rings (SSSR count). The predicted molar refractivity (Wildman–Crippen MR) is 164 cm³/mol. The number of likely N-dealkylation sites (N-methyl/N-ethyl adjacent to an activating group) is 1. The van der Waals surface area contributed by atoms with Crippen LogP contribution in [0.25, 0.3) is 0 Å². The van der Waals surface area contributed by atoms with Crippen molar-refractivity contribution in [3.05, 3.63) is 102 Å². The fourth-order valence-corrected chi connectivity index (χ4v) is 6.45. The van der Waals surface area contributed by atoms with Crippen molar-refractivity contribution in [1.29, 1.82) is 0 Å². The maximum Gasteiger partial charge on any atom is 0.246 e. The molecule has 11 nitrogen and oxygen atoms in total. The van der Waals surface area contributed by atoms with Crippen molar-refractivity contribution >= 4 is 17.7 Å². The van der Waals surface area contributed by atoms with Gasteiger partial charge in [0.05, 0.1) is 19.1 Å². The van der Waals surface area contributed by atoms with Crippen LogP contribution in [0, 0.1) is 0 Å². The second-order valence-electron chi connectivity index (χ2n) is 11.6. The lowest BCUT2D eigenvalue weighted by Gasteiger charge is -2.55. The summed E-state index contributed by atoms with van der Waals surface area (Å²) in [5, 5.41) is 23.6. The SMILES string of the molecule is C=CCN1CC(=O)N2[C@@H](Cc3ccc(O)cc3)C(=O)N(CC3=CC4N=NN(C)C4C=C3)C[C@@H]2N1C(=O)CCc1ccccc1. The summed E-state index contributed by atoms with van der Waals surface area (Å²) in [5.74, 6) is -0.394. The van der Waals surface area contributed by atoms with Gasteiger partial charge in [0, 0.05) is 33.0 Å². The zero-order chi connectivity index (χ0) is 30.8. The fraction of sp³-hybridized carbons (Fsp3) is 0.364. The first kappa shape index (κ1) is 29.3. The monoisotopic (exact) mass is 595 g/mol. The van der Waals surface area contributed by atoms with Gasteiger partial charge in [0.15, 0.2) is 0 Å². The fourth-order valence-electron chi connectivity index (χ4n) is 6.45. The van der Waals surface area contributed by atoms with Crippen LogP contribution in [0.2, 0.25) is 0 Å². The van der Waals surface area contributed by atoms with Crippen molar-refractivity contribution < 1.29 is 19.5 Å². The summed E-state index contributed by atoms with van der Waals surface area (Å²) in [7, 11) is 1.88. The van der Waals surface area contributed by atoms with Crippen LogP contribution in [0.4, 0.5) is 0 Å². The van der Waals surface area contributed by atoms with Crippen molar-refractivity contribution in [3.63, 3.8) is 0 Å². The smallest absolute Gasteiger partial charge is 0.246 e. The van der Waals surface area contributed by atoms with E-state index in [1.165, 1.54) is 0 Å². The lowest BCUT2D eigenvalue weighted by atomic mass is 9.95. The Morgan fingerprint density at radius 1 is 1.09 bits per heavy atom. The number of piperazine rings is 1. The minimum Gasteiger partial charge on any atom is -0.508 e. The van der Waals surface area contributed by atoms with Crippen molar-refractivity contribution in [2.24, 2.45) is 10.3 Å². The second kappa shape index (κ2) is 12.5. The van der Waals surface area contributed by atoms with E-state index in [4.69, 9.17) is 0 Å². The van der Waals surface area contributed by atoms with E-state index < -0.39 is 12.2 Å². The Hall–Kier alpha value is -4.77. The third kappa shape index (κ3) is 5.87. The number of hydrogen-bond acceptors (Lipinski definition) is 8. The van der Waals surface area contributed by atoms with Crippen molar-refractivity contribution in [2.45, 2.75) is 43.6 Å². The molecule has 2 fully saturated rings. The molecule has 2 aromatic carbocycles. The number of benzene rings is 2. The zero-order valence-corrected chi connectivity index (χ0v) is 24.8. The van der Waals surface area contributed by atoms with Crippen molar-refractivity contribution in [1.82, 2.24) is 24.8 Å². The minimum atomic E-state index is -0.820. The van der Waals surface area contributed by atoms with E-state index in [9.17, 15) is 19.5 Å². The van der Waals surface area contributed by atoms with E-state index in [2.05, 4.69) is 16.9 Å². The molecule has 1 aliphatic carbocycles. The van der Waals surface area contributed by atoms with Gasteiger partial charge in [0.1, 0.15) is 24.0 Å². The van der Waals surface area contributed by atoms with Gasteiger partial charge >= 0.3 is 0 Å². The van der Waals surface area contributed by atoms with Crippen LogP contribution in [0.5, 0.6) is 5.75 Å². The molecule has 0 radical (unpaired) electrons. The molecule has 11 heteroatoms. The van der Waals surface area contributed by atoms with Gasteiger partial charge in [-0.15, -0.1) is 6.58 Å². The molecule has 1 N–H and O–H groups in total. The molecule has 0 aromatic heterocycles. The summed E-state index contributed by atoms with van der Waals surface area (Å²) < 4.78 is 0. The molecule has 2 unspecified atom stereocenters. The van der Waals surface area contributed by atoms with Crippen LogP contribution in [-0.4, -0.2) is 105 Å². The van der Waals surface area contributed by atoms with Crippen LogP contribution in [0.1, 0.15) is 17.5 Å². The summed E-state index contributed by atoms with van der Waals surface area (Å²) in [6, 6.07) is 15.6. The number of hydrogen-bond donors (Lipinski definition) is 1. The maximum absolute atomic E-state index is 14.2. The van der Waals surface area contributed by atoms with E-state index in [-0.39, 0.29) is 61.5 Å². The van der Waals surface area contributed by atoms with Gasteiger partial charge in [0.25, 0.3) is 0 Å². The average molecular weight is 596 g/mol. The van der Waals surface area contributed by atoms with Crippen LogP contribution >= 0.6 is 0 Å². The molecular weight excluding hydrogens is 558 g/mol. The first-order chi connectivity index (χ1) is 21.3. The molecule has 4 aliphatic rings. The Morgan fingerprint density at radius 3 is 2.61 bits per heavy atom. The Bertz CT molecular complexity index is 1510. The normalized spacial score (nSPS) is 24.8. The van der Waals surface area contributed by atoms with Gasteiger partial charge in [-0.1, -0.05) is 72.0 Å². The lowest BCUT2D eigenvalue weighted by Crippen LogP contribution is -2.76. The largest absolute Gasteiger partial charge is 0.508 e. The Kier molecular flexibility index (Phi) is 8.30. The molecule has 0 saturated carbocycles. The highest BCUT2D eigenvalue weighted by Crippen LogP contribution is 2.31. The van der Waals surface area contributed by atoms with Gasteiger partial charge in [0.2, 0.25) is 17.7 Å². The molecule has 3 amide bonds. The third-order valence-corrected chi connectivity index (χ3v) is 8.63. The summed E-state index contributed by atoms with van der Waals surface area (Å²) in [6.07, 6.45) is 8.14. The summed E-state index contributed by atoms with van der Waals surface area (Å²) in [5.41, 5.74) is 2.78. The molecule has 0 bridgehead atoms. The average Bonchev–Trinajstić information content (AvgIpc) is 3.39. The number of rotatable bonds is 9. The number of aromatic hydroxyl groups is 1. The molecule has 228 valence electrons. The van der Waals surface area contributed by atoms with Gasteiger partial charge in [-0.05, 0) is 35.3 Å². The number of carbonyl (C=O) groups is 3. The van der Waals surface area contributed by atoms with Gasteiger partial charge in [-0.2, -0.15) is 5.11 Å². The predicted octanol–water partition coefficient (Wildman–Crippen LogP) is 2.72. The minimum absolute atomic E-state index is 0.0333. The standard InChI is InChI=1S/C33H37N7O4/c1-3-17-38-22-32(43)39-29(19-24-9-13-26(41)14-10-24)33(44)37(20-25-11-15-28-27(18-25)34-35-36(28)2)21-30(39)40(38)31(42)16-12-23-7-5-4-6-8-23/h3-11,13-15,18,27-30,41H,1,12,16-17,19-22H2,2H3/t27?,28?,29-,30-/m0/s1. The summed E-state index contributed by atoms with van der Waals surface area (Å²) in [6.45, 7) is 4.63. The van der Waals surface area contributed by atoms with Gasteiger partial charge in [-0.25, -0.2) is 10.0 Å². The Balaban J connectivity index is 1.32. The van der Waals surface area contributed by atoms with Gasteiger partial charge < -0.3 is 14.9 Å². The molecule has 2 aromatic rings. The zero-order valence-electron chi connectivity index (χ0n) is 24.8. The van der Waals surface area contributed by atoms with E-state index in [0.717, 1.165) is 16.7 Å². The Labute approximate surface area is 257 Å². The first-order valence-electron chi connectivity index (χ1n) is 14.9. The van der Waals surface area contributed by atoms with E-state index in [1.807, 2.05) is 60.6 Å². The summed E-state index contributed by atoms with van der Waals surface area (Å²) >= 11 is 0. The molecule has 2 saturated heterocycles.